The van der Waals surface area contributed by atoms with Gasteiger partial charge in [-0.05, 0) is 36.4 Å². The number of hydrogen-bond donors (Lipinski definition) is 1. The van der Waals surface area contributed by atoms with E-state index < -0.39 is 46.3 Å². The highest BCUT2D eigenvalue weighted by molar-refractivity contribution is 7.10. The Bertz CT molecular complexity index is 2880. The smallest absolute Gasteiger partial charge is 0.137 e. The fourth-order valence-electron chi connectivity index (χ4n) is 7.12. The van der Waals surface area contributed by atoms with Crippen molar-refractivity contribution < 1.29 is 27.4 Å². The summed E-state index contributed by atoms with van der Waals surface area (Å²) in [5.41, 5.74) is 1.40. The molecule has 4 atom stereocenters. The molecule has 0 bridgehead atoms. The second-order valence-corrected chi connectivity index (χ2v) is 16.2. The minimum atomic E-state index is -1.76. The van der Waals surface area contributed by atoms with E-state index in [2.05, 4.69) is 37.3 Å². The normalized spacial score (nSPS) is 14.0. The van der Waals surface area contributed by atoms with Crippen molar-refractivity contribution in [3.8, 4) is 34.7 Å². The van der Waals surface area contributed by atoms with Gasteiger partial charge in [0.15, 0.2) is 0 Å². The molecule has 0 spiro atoms. The summed E-state index contributed by atoms with van der Waals surface area (Å²) in [5.74, 6) is -4.00. The Hall–Kier alpha value is -6.96. The first-order valence-corrected chi connectivity index (χ1v) is 20.9. The standard InChI is InChI=1S/C23H19F2N5OS.C22H17F2N5OS/c1-15(22-29-21(11-32-22)17-5-3-16(10-26)4-6-17)23(31-2,12-30-14-27-13-28-30)19-8-7-18(24)9-20(19)25;1-14(21-28-20(10-31-21)16-4-2-15(9-25)3-5-16)22(30,11-29-13-26-12-27-29)18-7-6-17(23)8-19(18)24/h3-9,11,13-15H,12H2,1-2H3;2-8,10,12-14,30H,11H2,1H3/t15-,23+;14-,22+/m00/s1. The maximum atomic E-state index is 15.0. The van der Waals surface area contributed by atoms with Gasteiger partial charge in [0, 0.05) is 64.1 Å². The molecule has 18 heteroatoms. The van der Waals surface area contributed by atoms with Crippen molar-refractivity contribution in [2.75, 3.05) is 7.11 Å². The zero-order valence-electron chi connectivity index (χ0n) is 33.8. The van der Waals surface area contributed by atoms with Crippen molar-refractivity contribution >= 4 is 22.7 Å². The SMILES string of the molecule is CO[C@@](Cn1cncn1)(c1ccc(F)cc1F)[C@@H](C)c1nc(-c2ccc(C#N)cc2)cs1.C[C@@H](c1nc(-c2ccc(C#N)cc2)cs1)[C@](O)(Cn1cncn1)c1ccc(F)cc1F. The Morgan fingerprint density at radius 2 is 1.13 bits per heavy atom. The minimum Gasteiger partial charge on any atom is -0.382 e. The summed E-state index contributed by atoms with van der Waals surface area (Å²) in [6.45, 7) is 3.69. The van der Waals surface area contributed by atoms with Crippen LogP contribution in [0.3, 0.4) is 0 Å². The van der Waals surface area contributed by atoms with Crippen LogP contribution >= 0.6 is 22.7 Å². The van der Waals surface area contributed by atoms with Gasteiger partial charge < -0.3 is 9.84 Å². The van der Waals surface area contributed by atoms with E-state index >= 15 is 0 Å². The van der Waals surface area contributed by atoms with Crippen molar-refractivity contribution in [2.45, 2.75) is 50.0 Å². The van der Waals surface area contributed by atoms with Crippen LogP contribution < -0.4 is 0 Å². The summed E-state index contributed by atoms with van der Waals surface area (Å²) in [6, 6.07) is 24.9. The second-order valence-electron chi connectivity index (χ2n) is 14.4. The minimum absolute atomic E-state index is 0.0491. The molecule has 8 aromatic rings. The molecule has 4 aromatic carbocycles. The highest BCUT2D eigenvalue weighted by atomic mass is 32.1. The summed E-state index contributed by atoms with van der Waals surface area (Å²) in [5, 5.41) is 42.9. The van der Waals surface area contributed by atoms with Gasteiger partial charge in [-0.1, -0.05) is 50.2 Å². The predicted molar refractivity (Wildman–Crippen MR) is 227 cm³/mol. The average Bonchev–Trinajstić information content (AvgIpc) is 4.15. The summed E-state index contributed by atoms with van der Waals surface area (Å²) in [7, 11) is 1.49. The van der Waals surface area contributed by atoms with Gasteiger partial charge in [-0.3, -0.25) is 0 Å². The fraction of sp³-hybridized carbons (Fsp3) is 0.200. The molecule has 0 saturated heterocycles. The lowest BCUT2D eigenvalue weighted by atomic mass is 9.81. The Morgan fingerprint density at radius 3 is 1.56 bits per heavy atom. The summed E-state index contributed by atoms with van der Waals surface area (Å²) in [6.07, 6.45) is 5.64. The molecule has 12 nitrogen and oxygen atoms in total. The van der Waals surface area contributed by atoms with Gasteiger partial charge in [0.2, 0.25) is 0 Å². The van der Waals surface area contributed by atoms with Crippen LogP contribution in [-0.2, 0) is 29.0 Å². The van der Waals surface area contributed by atoms with Crippen LogP contribution in [-0.4, -0.2) is 51.7 Å². The molecule has 4 heterocycles. The van der Waals surface area contributed by atoms with Crippen LogP contribution in [0.25, 0.3) is 22.5 Å². The Morgan fingerprint density at radius 1 is 0.667 bits per heavy atom. The number of hydrogen-bond acceptors (Lipinski definition) is 12. The molecule has 0 saturated carbocycles. The number of thiazole rings is 2. The summed E-state index contributed by atoms with van der Waals surface area (Å²) in [4.78, 5) is 17.2. The Balaban J connectivity index is 0.000000189. The van der Waals surface area contributed by atoms with Gasteiger partial charge in [0.25, 0.3) is 0 Å². The molecule has 0 aliphatic rings. The van der Waals surface area contributed by atoms with E-state index in [0.29, 0.717) is 21.8 Å². The topological polar surface area (TPSA) is 164 Å². The van der Waals surface area contributed by atoms with Crippen LogP contribution in [0.1, 0.15) is 58.0 Å². The quantitative estimate of drug-likeness (QED) is 0.110. The third kappa shape index (κ3) is 9.44. The maximum Gasteiger partial charge on any atom is 0.137 e. The van der Waals surface area contributed by atoms with Crippen LogP contribution in [0.4, 0.5) is 17.6 Å². The van der Waals surface area contributed by atoms with Crippen molar-refractivity contribution in [2.24, 2.45) is 0 Å². The van der Waals surface area contributed by atoms with E-state index in [4.69, 9.17) is 20.2 Å². The van der Waals surface area contributed by atoms with E-state index in [-0.39, 0.29) is 24.2 Å². The first-order valence-electron chi connectivity index (χ1n) is 19.1. The molecule has 1 N–H and O–H groups in total. The number of aromatic nitrogens is 8. The van der Waals surface area contributed by atoms with Gasteiger partial charge >= 0.3 is 0 Å². The van der Waals surface area contributed by atoms with E-state index in [1.165, 1.54) is 78.0 Å². The lowest BCUT2D eigenvalue weighted by Gasteiger charge is -2.37. The fourth-order valence-corrected chi connectivity index (χ4v) is 9.06. The summed E-state index contributed by atoms with van der Waals surface area (Å²) < 4.78 is 65.7. The third-order valence-electron chi connectivity index (χ3n) is 10.7. The number of halogens is 4. The first-order chi connectivity index (χ1) is 30.4. The van der Waals surface area contributed by atoms with Gasteiger partial charge in [-0.2, -0.15) is 20.7 Å². The molecule has 8 rings (SSSR count). The number of methoxy groups -OCH3 is 1. The zero-order valence-corrected chi connectivity index (χ0v) is 35.4. The monoisotopic (exact) mass is 888 g/mol. The Labute approximate surface area is 367 Å². The van der Waals surface area contributed by atoms with Crippen molar-refractivity contribution in [3.05, 3.63) is 177 Å². The second kappa shape index (κ2) is 19.0. The third-order valence-corrected chi connectivity index (χ3v) is 12.8. The molecule has 0 aliphatic heterocycles. The number of ether oxygens (including phenoxy) is 1. The molecule has 0 radical (unpaired) electrons. The number of benzene rings is 4. The lowest BCUT2D eigenvalue weighted by molar-refractivity contribution is -0.0538. The zero-order chi connectivity index (χ0) is 44.7. The van der Waals surface area contributed by atoms with Crippen LogP contribution in [0.5, 0.6) is 0 Å². The number of rotatable bonds is 13. The van der Waals surface area contributed by atoms with E-state index in [0.717, 1.165) is 40.0 Å². The lowest BCUT2D eigenvalue weighted by Crippen LogP contribution is -2.40. The molecule has 0 aliphatic carbocycles. The maximum absolute atomic E-state index is 15.0. The molecule has 4 aromatic heterocycles. The number of nitrogens with zero attached hydrogens (tertiary/aromatic N) is 10. The molecular weight excluding hydrogens is 853 g/mol. The highest BCUT2D eigenvalue weighted by Gasteiger charge is 2.44. The molecule has 0 amide bonds. The molecule has 0 fully saturated rings. The molecule has 318 valence electrons. The largest absolute Gasteiger partial charge is 0.382 e. The van der Waals surface area contributed by atoms with Crippen molar-refractivity contribution in [3.63, 3.8) is 0 Å². The molecule has 0 unspecified atom stereocenters. The van der Waals surface area contributed by atoms with Crippen molar-refractivity contribution in [1.29, 1.82) is 10.5 Å². The van der Waals surface area contributed by atoms with Gasteiger partial charge in [0.1, 0.15) is 59.8 Å². The molecular formula is C45H36F4N10O2S2. The van der Waals surface area contributed by atoms with E-state index in [9.17, 15) is 22.7 Å². The number of nitriles is 2. The van der Waals surface area contributed by atoms with Crippen LogP contribution in [0, 0.1) is 45.9 Å². The van der Waals surface area contributed by atoms with Gasteiger partial charge in [0.05, 0.1) is 57.8 Å². The van der Waals surface area contributed by atoms with E-state index in [1.54, 1.807) is 48.0 Å². The highest BCUT2D eigenvalue weighted by Crippen LogP contribution is 2.45. The summed E-state index contributed by atoms with van der Waals surface area (Å²) >= 11 is 2.75. The molecule has 63 heavy (non-hydrogen) atoms. The van der Waals surface area contributed by atoms with Crippen molar-refractivity contribution in [1.82, 2.24) is 39.5 Å². The predicted octanol–water partition coefficient (Wildman–Crippen LogP) is 9.14. The first kappa shape index (κ1) is 44.1. The average molecular weight is 889 g/mol. The Kier molecular flexibility index (Phi) is 13.3. The van der Waals surface area contributed by atoms with Crippen LogP contribution in [0.2, 0.25) is 0 Å². The van der Waals surface area contributed by atoms with Gasteiger partial charge in [-0.15, -0.1) is 22.7 Å². The number of aliphatic hydroxyl groups is 1. The van der Waals surface area contributed by atoms with Crippen LogP contribution in [0.15, 0.2) is 121 Å². The van der Waals surface area contributed by atoms with Gasteiger partial charge in [-0.25, -0.2) is 46.9 Å². The van der Waals surface area contributed by atoms with E-state index in [1.807, 2.05) is 29.8 Å².